The second-order valence-electron chi connectivity index (χ2n) is 2.44. The number of carbonyl (C=O) groups excluding carboxylic acids is 2. The fourth-order valence-corrected chi connectivity index (χ4v) is 0.960. The highest BCUT2D eigenvalue weighted by atomic mass is 16.5. The zero-order valence-electron chi connectivity index (χ0n) is 8.07. The van der Waals surface area contributed by atoms with Gasteiger partial charge in [0.1, 0.15) is 0 Å². The van der Waals surface area contributed by atoms with Crippen LogP contribution in [0, 0.1) is 0 Å². The van der Waals surface area contributed by atoms with E-state index in [1.807, 2.05) is 0 Å². The fraction of sp³-hybridized carbons (Fsp3) is 0.250. The largest absolute Gasteiger partial charge is 0.489 e. The van der Waals surface area contributed by atoms with Crippen LogP contribution in [-0.4, -0.2) is 36.4 Å². The van der Waals surface area contributed by atoms with Crippen LogP contribution >= 0.6 is 0 Å². The number of ether oxygens (including phenoxy) is 2. The maximum Gasteiger partial charge on any atom is 0.360 e. The highest BCUT2D eigenvalue weighted by molar-refractivity contribution is 5.90. The standard InChI is InChI=1S/C8H8N2O5/c1-14-6-5(8(13)15-2)9-4(3-11)10-7(6)12/h3H,1-2H3,(H,9,10,12). The van der Waals surface area contributed by atoms with Gasteiger partial charge < -0.3 is 14.5 Å². The van der Waals surface area contributed by atoms with Crippen molar-refractivity contribution >= 4 is 12.3 Å². The Kier molecular flexibility index (Phi) is 3.17. The second kappa shape index (κ2) is 4.36. The van der Waals surface area contributed by atoms with Gasteiger partial charge in [0.25, 0.3) is 5.56 Å². The van der Waals surface area contributed by atoms with Crippen molar-refractivity contribution in [3.63, 3.8) is 0 Å². The first-order chi connectivity index (χ1) is 7.13. The zero-order valence-corrected chi connectivity index (χ0v) is 8.07. The maximum atomic E-state index is 11.3. The van der Waals surface area contributed by atoms with Crippen molar-refractivity contribution in [3.8, 4) is 5.75 Å². The van der Waals surface area contributed by atoms with Crippen LogP contribution in [-0.2, 0) is 4.74 Å². The molecule has 0 unspecified atom stereocenters. The van der Waals surface area contributed by atoms with Crippen LogP contribution < -0.4 is 10.3 Å². The molecule has 15 heavy (non-hydrogen) atoms. The molecule has 0 bridgehead atoms. The number of hydrogen-bond donors (Lipinski definition) is 1. The second-order valence-corrected chi connectivity index (χ2v) is 2.44. The van der Waals surface area contributed by atoms with Crippen molar-refractivity contribution in [2.45, 2.75) is 0 Å². The number of esters is 1. The number of methoxy groups -OCH3 is 2. The van der Waals surface area contributed by atoms with Crippen molar-refractivity contribution in [3.05, 3.63) is 21.9 Å². The van der Waals surface area contributed by atoms with E-state index in [9.17, 15) is 14.4 Å². The average Bonchev–Trinajstić information content (AvgIpc) is 2.26. The molecule has 0 saturated heterocycles. The molecule has 0 aliphatic heterocycles. The first-order valence-electron chi connectivity index (χ1n) is 3.85. The van der Waals surface area contributed by atoms with Gasteiger partial charge in [-0.1, -0.05) is 0 Å². The van der Waals surface area contributed by atoms with Gasteiger partial charge >= 0.3 is 5.97 Å². The molecule has 0 spiro atoms. The van der Waals surface area contributed by atoms with Crippen LogP contribution in [0.4, 0.5) is 0 Å². The van der Waals surface area contributed by atoms with Gasteiger partial charge in [0, 0.05) is 0 Å². The maximum absolute atomic E-state index is 11.3. The first-order valence-corrected chi connectivity index (χ1v) is 3.85. The lowest BCUT2D eigenvalue weighted by atomic mass is 10.3. The van der Waals surface area contributed by atoms with Crippen LogP contribution in [0.2, 0.25) is 0 Å². The minimum Gasteiger partial charge on any atom is -0.489 e. The van der Waals surface area contributed by atoms with Crippen LogP contribution in [0.5, 0.6) is 5.75 Å². The molecule has 0 aliphatic rings. The molecule has 1 heterocycles. The Morgan fingerprint density at radius 2 is 2.13 bits per heavy atom. The minimum absolute atomic E-state index is 0.263. The molecule has 0 atom stereocenters. The Hall–Kier alpha value is -2.18. The number of carbonyl (C=O) groups is 2. The average molecular weight is 212 g/mol. The molecule has 1 N–H and O–H groups in total. The number of H-pyrrole nitrogens is 1. The monoisotopic (exact) mass is 212 g/mol. The third-order valence-corrected chi connectivity index (χ3v) is 1.59. The van der Waals surface area contributed by atoms with Crippen molar-refractivity contribution in [1.29, 1.82) is 0 Å². The van der Waals surface area contributed by atoms with E-state index in [1.54, 1.807) is 0 Å². The lowest BCUT2D eigenvalue weighted by Gasteiger charge is -2.04. The summed E-state index contributed by atoms with van der Waals surface area (Å²) in [6.07, 6.45) is 0.313. The number of rotatable bonds is 3. The number of nitrogens with zero attached hydrogens (tertiary/aromatic N) is 1. The molecule has 0 amide bonds. The molecule has 0 fully saturated rings. The van der Waals surface area contributed by atoms with Gasteiger partial charge in [-0.3, -0.25) is 9.59 Å². The fourth-order valence-electron chi connectivity index (χ4n) is 0.960. The Morgan fingerprint density at radius 3 is 2.60 bits per heavy atom. The molecule has 1 aromatic heterocycles. The van der Waals surface area contributed by atoms with Gasteiger partial charge in [0.05, 0.1) is 14.2 Å². The molecular formula is C8H8N2O5. The number of nitrogens with one attached hydrogen (secondary N) is 1. The molecule has 1 aromatic rings. The van der Waals surface area contributed by atoms with Crippen LogP contribution in [0.15, 0.2) is 4.79 Å². The topological polar surface area (TPSA) is 98.4 Å². The molecule has 7 heteroatoms. The summed E-state index contributed by atoms with van der Waals surface area (Å²) < 4.78 is 9.06. The van der Waals surface area contributed by atoms with Crippen molar-refractivity contribution in [1.82, 2.24) is 9.97 Å². The van der Waals surface area contributed by atoms with E-state index in [-0.39, 0.29) is 17.3 Å². The van der Waals surface area contributed by atoms with E-state index in [0.717, 1.165) is 7.11 Å². The van der Waals surface area contributed by atoms with Crippen molar-refractivity contribution < 1.29 is 19.1 Å². The molecule has 1 rings (SSSR count). The molecule has 0 saturated carbocycles. The SMILES string of the molecule is COC(=O)c1nc(C=O)[nH]c(=O)c1OC. The van der Waals surface area contributed by atoms with E-state index >= 15 is 0 Å². The molecule has 0 aliphatic carbocycles. The third kappa shape index (κ3) is 2.01. The summed E-state index contributed by atoms with van der Waals surface area (Å²) in [5.41, 5.74) is -1.04. The molecule has 0 radical (unpaired) electrons. The summed E-state index contributed by atoms with van der Waals surface area (Å²) in [4.78, 5) is 38.6. The predicted molar refractivity (Wildman–Crippen MR) is 48.1 cm³/mol. The summed E-state index contributed by atoms with van der Waals surface area (Å²) in [6.45, 7) is 0. The van der Waals surface area contributed by atoms with Gasteiger partial charge in [-0.15, -0.1) is 0 Å². The van der Waals surface area contributed by atoms with Crippen LogP contribution in [0.3, 0.4) is 0 Å². The number of aromatic nitrogens is 2. The Morgan fingerprint density at radius 1 is 1.47 bits per heavy atom. The Labute approximate surface area is 84.0 Å². The third-order valence-electron chi connectivity index (χ3n) is 1.59. The van der Waals surface area contributed by atoms with Crippen LogP contribution in [0.25, 0.3) is 0 Å². The number of aromatic amines is 1. The summed E-state index contributed by atoms with van der Waals surface area (Å²) in [5, 5.41) is 0. The molecular weight excluding hydrogens is 204 g/mol. The normalized spacial score (nSPS) is 9.47. The summed E-state index contributed by atoms with van der Waals surface area (Å²) >= 11 is 0. The number of hydrogen-bond acceptors (Lipinski definition) is 6. The van der Waals surface area contributed by atoms with Crippen molar-refractivity contribution in [2.24, 2.45) is 0 Å². The van der Waals surface area contributed by atoms with E-state index in [0.29, 0.717) is 6.29 Å². The predicted octanol–water partition coefficient (Wildman–Crippen LogP) is -0.622. The highest BCUT2D eigenvalue weighted by Crippen LogP contribution is 2.09. The highest BCUT2D eigenvalue weighted by Gasteiger charge is 2.19. The zero-order chi connectivity index (χ0) is 11.4. The van der Waals surface area contributed by atoms with E-state index in [2.05, 4.69) is 19.4 Å². The lowest BCUT2D eigenvalue weighted by Crippen LogP contribution is -2.20. The van der Waals surface area contributed by atoms with E-state index in [1.165, 1.54) is 7.11 Å². The van der Waals surface area contributed by atoms with Crippen molar-refractivity contribution in [2.75, 3.05) is 14.2 Å². The summed E-state index contributed by atoms with van der Waals surface area (Å²) in [7, 11) is 2.34. The lowest BCUT2D eigenvalue weighted by molar-refractivity contribution is 0.0589. The van der Waals surface area contributed by atoms with Gasteiger partial charge in [-0.2, -0.15) is 0 Å². The smallest absolute Gasteiger partial charge is 0.360 e. The molecule has 7 nitrogen and oxygen atoms in total. The van der Waals surface area contributed by atoms with E-state index < -0.39 is 11.5 Å². The van der Waals surface area contributed by atoms with Crippen LogP contribution in [0.1, 0.15) is 21.1 Å². The van der Waals surface area contributed by atoms with Gasteiger partial charge in [0.15, 0.2) is 17.8 Å². The summed E-state index contributed by atoms with van der Waals surface area (Å²) in [5.74, 6) is -1.39. The van der Waals surface area contributed by atoms with Gasteiger partial charge in [-0.25, -0.2) is 9.78 Å². The quantitative estimate of drug-likeness (QED) is 0.529. The summed E-state index contributed by atoms with van der Waals surface area (Å²) in [6, 6.07) is 0. The minimum atomic E-state index is -0.846. The Bertz CT molecular complexity index is 451. The first kappa shape index (κ1) is 10.9. The van der Waals surface area contributed by atoms with E-state index in [4.69, 9.17) is 0 Å². The van der Waals surface area contributed by atoms with Gasteiger partial charge in [0.2, 0.25) is 5.75 Å². The van der Waals surface area contributed by atoms with Gasteiger partial charge in [-0.05, 0) is 0 Å². The number of aldehydes is 1. The Balaban J connectivity index is 3.45. The molecule has 0 aromatic carbocycles. The molecule has 80 valence electrons.